The minimum absolute atomic E-state index is 0.143. The zero-order valence-corrected chi connectivity index (χ0v) is 12.1. The van der Waals surface area contributed by atoms with Crippen molar-refractivity contribution in [3.05, 3.63) is 35.9 Å². The van der Waals surface area contributed by atoms with Crippen LogP contribution in [0.5, 0.6) is 0 Å². The van der Waals surface area contributed by atoms with Crippen molar-refractivity contribution < 1.29 is 9.84 Å². The average molecular weight is 262 g/mol. The van der Waals surface area contributed by atoms with E-state index in [4.69, 9.17) is 4.74 Å². The van der Waals surface area contributed by atoms with Gasteiger partial charge in [0.2, 0.25) is 0 Å². The summed E-state index contributed by atoms with van der Waals surface area (Å²) >= 11 is 0. The van der Waals surface area contributed by atoms with E-state index < -0.39 is 0 Å². The highest BCUT2D eigenvalue weighted by Crippen LogP contribution is 2.37. The van der Waals surface area contributed by atoms with Crippen LogP contribution in [0.2, 0.25) is 0 Å². The van der Waals surface area contributed by atoms with Gasteiger partial charge in [0.05, 0.1) is 12.2 Å². The number of aliphatic hydroxyl groups excluding tert-OH is 1. The summed E-state index contributed by atoms with van der Waals surface area (Å²) in [6.07, 6.45) is 4.23. The van der Waals surface area contributed by atoms with Gasteiger partial charge in [0, 0.05) is 6.61 Å². The Morgan fingerprint density at radius 1 is 1.21 bits per heavy atom. The van der Waals surface area contributed by atoms with E-state index in [0.29, 0.717) is 11.8 Å². The first-order chi connectivity index (χ1) is 9.16. The number of hydrogen-bond acceptors (Lipinski definition) is 2. The monoisotopic (exact) mass is 262 g/mol. The third-order valence-corrected chi connectivity index (χ3v) is 4.15. The van der Waals surface area contributed by atoms with Gasteiger partial charge in [-0.2, -0.15) is 0 Å². The fourth-order valence-electron chi connectivity index (χ4n) is 3.04. The normalized spacial score (nSPS) is 27.7. The minimum Gasteiger partial charge on any atom is -0.393 e. The van der Waals surface area contributed by atoms with Crippen LogP contribution in [-0.2, 0) is 4.74 Å². The number of rotatable bonds is 5. The van der Waals surface area contributed by atoms with Gasteiger partial charge in [0.25, 0.3) is 0 Å². The van der Waals surface area contributed by atoms with Crippen molar-refractivity contribution in [2.45, 2.75) is 57.7 Å². The Morgan fingerprint density at radius 3 is 2.63 bits per heavy atom. The van der Waals surface area contributed by atoms with E-state index in [1.165, 1.54) is 5.56 Å². The van der Waals surface area contributed by atoms with Gasteiger partial charge in [-0.15, -0.1) is 0 Å². The standard InChI is InChI=1S/C17H26O2/c1-13(2)19-11-10-16-12-15(8-9-17(16)18)14-6-4-3-5-7-14/h3-7,13,15-18H,8-12H2,1-2H3. The van der Waals surface area contributed by atoms with Gasteiger partial charge in [-0.05, 0) is 56.9 Å². The molecule has 0 spiro atoms. The molecule has 1 aliphatic carbocycles. The van der Waals surface area contributed by atoms with Crippen LogP contribution < -0.4 is 0 Å². The quantitative estimate of drug-likeness (QED) is 0.875. The smallest absolute Gasteiger partial charge is 0.0569 e. The van der Waals surface area contributed by atoms with Gasteiger partial charge in [-0.3, -0.25) is 0 Å². The molecule has 0 aliphatic heterocycles. The first-order valence-corrected chi connectivity index (χ1v) is 7.51. The molecule has 2 heteroatoms. The summed E-state index contributed by atoms with van der Waals surface area (Å²) < 4.78 is 5.62. The average Bonchev–Trinajstić information content (AvgIpc) is 2.41. The molecule has 3 unspecified atom stereocenters. The molecular weight excluding hydrogens is 236 g/mol. The van der Waals surface area contributed by atoms with Crippen molar-refractivity contribution in [3.8, 4) is 0 Å². The molecule has 19 heavy (non-hydrogen) atoms. The molecule has 1 saturated carbocycles. The molecule has 1 N–H and O–H groups in total. The molecule has 106 valence electrons. The van der Waals surface area contributed by atoms with E-state index in [1.807, 2.05) is 0 Å². The summed E-state index contributed by atoms with van der Waals surface area (Å²) in [5.74, 6) is 0.992. The van der Waals surface area contributed by atoms with Crippen LogP contribution in [0.3, 0.4) is 0 Å². The Balaban J connectivity index is 1.89. The number of aliphatic hydroxyl groups is 1. The SMILES string of the molecule is CC(C)OCCC1CC(c2ccccc2)CCC1O. The lowest BCUT2D eigenvalue weighted by Gasteiger charge is -2.33. The van der Waals surface area contributed by atoms with Crippen molar-refractivity contribution in [1.29, 1.82) is 0 Å². The predicted molar refractivity (Wildman–Crippen MR) is 78.2 cm³/mol. The van der Waals surface area contributed by atoms with Gasteiger partial charge in [-0.25, -0.2) is 0 Å². The van der Waals surface area contributed by atoms with Gasteiger partial charge < -0.3 is 9.84 Å². The summed E-state index contributed by atoms with van der Waals surface area (Å²) in [5, 5.41) is 10.1. The maximum Gasteiger partial charge on any atom is 0.0569 e. The Morgan fingerprint density at radius 2 is 1.95 bits per heavy atom. The predicted octanol–water partition coefficient (Wildman–Crippen LogP) is 3.75. The lowest BCUT2D eigenvalue weighted by atomic mass is 9.75. The summed E-state index contributed by atoms with van der Waals surface area (Å²) in [5.41, 5.74) is 1.42. The van der Waals surface area contributed by atoms with Crippen LogP contribution in [-0.4, -0.2) is 23.9 Å². The van der Waals surface area contributed by atoms with Crippen molar-refractivity contribution >= 4 is 0 Å². The topological polar surface area (TPSA) is 29.5 Å². The Bertz CT molecular complexity index is 361. The van der Waals surface area contributed by atoms with Crippen LogP contribution >= 0.6 is 0 Å². The molecular formula is C17H26O2. The first kappa shape index (κ1) is 14.5. The van der Waals surface area contributed by atoms with Crippen LogP contribution in [0.1, 0.15) is 51.0 Å². The largest absolute Gasteiger partial charge is 0.393 e. The molecule has 1 aliphatic rings. The molecule has 1 fully saturated rings. The second-order valence-corrected chi connectivity index (χ2v) is 5.96. The Labute approximate surface area is 116 Å². The molecule has 3 atom stereocenters. The number of benzene rings is 1. The summed E-state index contributed by atoms with van der Waals surface area (Å²) in [6.45, 7) is 4.88. The lowest BCUT2D eigenvalue weighted by Crippen LogP contribution is -2.29. The number of hydrogen-bond donors (Lipinski definition) is 1. The summed E-state index contributed by atoms with van der Waals surface area (Å²) in [4.78, 5) is 0. The van der Waals surface area contributed by atoms with Gasteiger partial charge in [-0.1, -0.05) is 30.3 Å². The maximum absolute atomic E-state index is 10.1. The molecule has 1 aromatic carbocycles. The molecule has 0 bridgehead atoms. The lowest BCUT2D eigenvalue weighted by molar-refractivity contribution is 0.0190. The second-order valence-electron chi connectivity index (χ2n) is 5.96. The summed E-state index contributed by atoms with van der Waals surface area (Å²) in [6, 6.07) is 10.7. The van der Waals surface area contributed by atoms with Gasteiger partial charge >= 0.3 is 0 Å². The van der Waals surface area contributed by atoms with Crippen molar-refractivity contribution in [1.82, 2.24) is 0 Å². The molecule has 0 saturated heterocycles. The van der Waals surface area contributed by atoms with Crippen LogP contribution in [0.15, 0.2) is 30.3 Å². The van der Waals surface area contributed by atoms with Crippen molar-refractivity contribution in [2.75, 3.05) is 6.61 Å². The molecule has 2 nitrogen and oxygen atoms in total. The fourth-order valence-corrected chi connectivity index (χ4v) is 3.04. The van der Waals surface area contributed by atoms with Crippen molar-refractivity contribution in [2.24, 2.45) is 5.92 Å². The highest BCUT2D eigenvalue weighted by molar-refractivity contribution is 5.20. The van der Waals surface area contributed by atoms with Crippen LogP contribution in [0, 0.1) is 5.92 Å². The third kappa shape index (κ3) is 4.32. The van der Waals surface area contributed by atoms with E-state index in [1.54, 1.807) is 0 Å². The zero-order chi connectivity index (χ0) is 13.7. The van der Waals surface area contributed by atoms with E-state index in [9.17, 15) is 5.11 Å². The molecule has 0 radical (unpaired) electrons. The van der Waals surface area contributed by atoms with Gasteiger partial charge in [0.1, 0.15) is 0 Å². The van der Waals surface area contributed by atoms with E-state index in [0.717, 1.165) is 32.3 Å². The van der Waals surface area contributed by atoms with Crippen molar-refractivity contribution in [3.63, 3.8) is 0 Å². The Hall–Kier alpha value is -0.860. The van der Waals surface area contributed by atoms with E-state index >= 15 is 0 Å². The maximum atomic E-state index is 10.1. The molecule has 0 aromatic heterocycles. The van der Waals surface area contributed by atoms with Crippen LogP contribution in [0.4, 0.5) is 0 Å². The highest BCUT2D eigenvalue weighted by Gasteiger charge is 2.29. The summed E-state index contributed by atoms with van der Waals surface area (Å²) in [7, 11) is 0. The van der Waals surface area contributed by atoms with E-state index in [2.05, 4.69) is 44.2 Å². The van der Waals surface area contributed by atoms with Gasteiger partial charge in [0.15, 0.2) is 0 Å². The zero-order valence-electron chi connectivity index (χ0n) is 12.1. The molecule has 1 aromatic rings. The number of ether oxygens (including phenoxy) is 1. The Kier molecular flexibility index (Phi) is 5.41. The minimum atomic E-state index is -0.143. The second kappa shape index (κ2) is 7.06. The van der Waals surface area contributed by atoms with Crippen LogP contribution in [0.25, 0.3) is 0 Å². The first-order valence-electron chi connectivity index (χ1n) is 7.51. The van der Waals surface area contributed by atoms with E-state index in [-0.39, 0.29) is 12.2 Å². The third-order valence-electron chi connectivity index (χ3n) is 4.15. The molecule has 0 amide bonds. The molecule has 0 heterocycles. The highest BCUT2D eigenvalue weighted by atomic mass is 16.5. The molecule has 2 rings (SSSR count). The fraction of sp³-hybridized carbons (Fsp3) is 0.647.